The lowest BCUT2D eigenvalue weighted by molar-refractivity contribution is -0.274. The first kappa shape index (κ1) is 17.7. The maximum atomic E-state index is 12.3. The van der Waals surface area contributed by atoms with Crippen molar-refractivity contribution < 1.29 is 22.6 Å². The molecule has 0 aliphatic rings. The molecule has 1 aromatic carbocycles. The van der Waals surface area contributed by atoms with E-state index in [1.54, 1.807) is 6.07 Å². The van der Waals surface area contributed by atoms with Crippen molar-refractivity contribution in [2.24, 2.45) is 11.3 Å². The van der Waals surface area contributed by atoms with Crippen LogP contribution in [0.5, 0.6) is 5.75 Å². The fourth-order valence-corrected chi connectivity index (χ4v) is 2.25. The Morgan fingerprint density at radius 1 is 1.19 bits per heavy atom. The van der Waals surface area contributed by atoms with E-state index in [9.17, 15) is 13.2 Å². The van der Waals surface area contributed by atoms with Crippen molar-refractivity contribution in [3.05, 3.63) is 29.8 Å². The predicted molar refractivity (Wildman–Crippen MR) is 73.4 cm³/mol. The van der Waals surface area contributed by atoms with Gasteiger partial charge in [0.2, 0.25) is 0 Å². The van der Waals surface area contributed by atoms with E-state index in [0.29, 0.717) is 5.56 Å². The molecule has 3 N–H and O–H groups in total. The van der Waals surface area contributed by atoms with E-state index in [2.05, 4.69) is 10.2 Å². The number of ether oxygens (including phenoxy) is 2. The number of nitrogens with one attached hydrogen (secondary N) is 1. The monoisotopic (exact) mass is 306 g/mol. The van der Waals surface area contributed by atoms with E-state index in [1.807, 2.05) is 20.8 Å². The van der Waals surface area contributed by atoms with Gasteiger partial charge in [-0.05, 0) is 23.1 Å². The van der Waals surface area contributed by atoms with Crippen LogP contribution in [0.2, 0.25) is 0 Å². The van der Waals surface area contributed by atoms with Gasteiger partial charge in [-0.15, -0.1) is 13.2 Å². The molecule has 0 heterocycles. The highest BCUT2D eigenvalue weighted by molar-refractivity contribution is 5.31. The van der Waals surface area contributed by atoms with Crippen molar-refractivity contribution in [3.8, 4) is 5.75 Å². The summed E-state index contributed by atoms with van der Waals surface area (Å²) in [5.41, 5.74) is 2.90. The van der Waals surface area contributed by atoms with Gasteiger partial charge in [-0.25, -0.2) is 0 Å². The van der Waals surface area contributed by atoms with Crippen LogP contribution in [-0.4, -0.2) is 19.6 Å². The Kier molecular flexibility index (Phi) is 5.61. The smallest absolute Gasteiger partial charge is 0.406 e. The van der Waals surface area contributed by atoms with Gasteiger partial charge in [0.25, 0.3) is 0 Å². The topological polar surface area (TPSA) is 56.5 Å². The van der Waals surface area contributed by atoms with E-state index in [4.69, 9.17) is 10.6 Å². The number of benzene rings is 1. The van der Waals surface area contributed by atoms with Crippen LogP contribution in [0.15, 0.2) is 24.3 Å². The van der Waals surface area contributed by atoms with Gasteiger partial charge in [0.15, 0.2) is 0 Å². The summed E-state index contributed by atoms with van der Waals surface area (Å²) in [6.45, 7) is 5.88. The molecule has 0 fully saturated rings. The minimum Gasteiger partial charge on any atom is -0.406 e. The summed E-state index contributed by atoms with van der Waals surface area (Å²) >= 11 is 0. The molecule has 1 rings (SSSR count). The summed E-state index contributed by atoms with van der Waals surface area (Å²) in [4.78, 5) is 0. The number of nitrogens with two attached hydrogens (primary N) is 1. The van der Waals surface area contributed by atoms with Gasteiger partial charge in [0.05, 0.1) is 12.1 Å². The quantitative estimate of drug-likeness (QED) is 0.648. The fourth-order valence-electron chi connectivity index (χ4n) is 2.25. The molecule has 0 aliphatic carbocycles. The van der Waals surface area contributed by atoms with Crippen LogP contribution in [0.3, 0.4) is 0 Å². The first-order chi connectivity index (χ1) is 9.58. The predicted octanol–water partition coefficient (Wildman–Crippen LogP) is 3.15. The molecule has 0 spiro atoms. The second-order valence-electron chi connectivity index (χ2n) is 5.79. The maximum absolute atomic E-state index is 12.3. The van der Waals surface area contributed by atoms with Crippen molar-refractivity contribution in [1.82, 2.24) is 5.43 Å². The summed E-state index contributed by atoms with van der Waals surface area (Å²) < 4.78 is 46.2. The van der Waals surface area contributed by atoms with Crippen LogP contribution in [0.25, 0.3) is 0 Å². The van der Waals surface area contributed by atoms with E-state index in [-0.39, 0.29) is 17.3 Å². The van der Waals surface area contributed by atoms with E-state index in [1.165, 1.54) is 25.3 Å². The van der Waals surface area contributed by atoms with Crippen molar-refractivity contribution in [1.29, 1.82) is 0 Å². The summed E-state index contributed by atoms with van der Waals surface area (Å²) in [5, 5.41) is 0. The number of hydrogen-bond donors (Lipinski definition) is 2. The number of rotatable bonds is 5. The summed E-state index contributed by atoms with van der Waals surface area (Å²) in [6, 6.07) is 5.23. The van der Waals surface area contributed by atoms with Crippen LogP contribution < -0.4 is 16.0 Å². The van der Waals surface area contributed by atoms with Gasteiger partial charge in [-0.1, -0.05) is 32.9 Å². The highest BCUT2D eigenvalue weighted by atomic mass is 19.4. The molecular formula is C14H21F3N2O2. The third-order valence-corrected chi connectivity index (χ3v) is 3.04. The highest BCUT2D eigenvalue weighted by Crippen LogP contribution is 2.34. The molecule has 21 heavy (non-hydrogen) atoms. The van der Waals surface area contributed by atoms with Crippen molar-refractivity contribution in [3.63, 3.8) is 0 Å². The molecule has 7 heteroatoms. The molecule has 0 saturated carbocycles. The zero-order chi connectivity index (χ0) is 16.3. The van der Waals surface area contributed by atoms with Gasteiger partial charge < -0.3 is 9.47 Å². The molecule has 2 unspecified atom stereocenters. The third-order valence-electron chi connectivity index (χ3n) is 3.04. The van der Waals surface area contributed by atoms with Crippen molar-refractivity contribution >= 4 is 0 Å². The molecule has 0 saturated heterocycles. The standard InChI is InChI=1S/C14H21F3N2O2/c1-13(2,3)12(20-4)11(19-18)9-6-5-7-10(8-9)21-14(15,16)17/h5-8,11-12,19H,18H2,1-4H3. The van der Waals surface area contributed by atoms with E-state index in [0.717, 1.165) is 0 Å². The van der Waals surface area contributed by atoms with Gasteiger partial charge >= 0.3 is 6.36 Å². The normalized spacial score (nSPS) is 15.6. The van der Waals surface area contributed by atoms with Crippen LogP contribution in [0, 0.1) is 5.41 Å². The molecule has 0 amide bonds. The Bertz CT molecular complexity index is 458. The lowest BCUT2D eigenvalue weighted by Crippen LogP contribution is -2.44. The fraction of sp³-hybridized carbons (Fsp3) is 0.571. The average Bonchev–Trinajstić information content (AvgIpc) is 2.32. The first-order valence-corrected chi connectivity index (χ1v) is 6.43. The molecule has 1 aromatic rings. The minimum absolute atomic E-state index is 0.257. The molecule has 2 atom stereocenters. The zero-order valence-electron chi connectivity index (χ0n) is 12.5. The molecule has 4 nitrogen and oxygen atoms in total. The Morgan fingerprint density at radius 3 is 2.24 bits per heavy atom. The summed E-state index contributed by atoms with van der Waals surface area (Å²) in [5.74, 6) is 5.27. The van der Waals surface area contributed by atoms with Crippen LogP contribution >= 0.6 is 0 Å². The van der Waals surface area contributed by atoms with Crippen molar-refractivity contribution in [2.75, 3.05) is 7.11 Å². The van der Waals surface area contributed by atoms with E-state index < -0.39 is 12.4 Å². The zero-order valence-corrected chi connectivity index (χ0v) is 12.5. The Balaban J connectivity index is 3.09. The molecule has 120 valence electrons. The second-order valence-corrected chi connectivity index (χ2v) is 5.79. The van der Waals surface area contributed by atoms with Gasteiger partial charge in [-0.3, -0.25) is 11.3 Å². The number of hydrazine groups is 1. The summed E-state index contributed by atoms with van der Waals surface area (Å²) in [6.07, 6.45) is -5.06. The summed E-state index contributed by atoms with van der Waals surface area (Å²) in [7, 11) is 1.54. The molecule has 0 aromatic heterocycles. The largest absolute Gasteiger partial charge is 0.573 e. The molecule has 0 bridgehead atoms. The van der Waals surface area contributed by atoms with Crippen LogP contribution in [0.1, 0.15) is 32.4 Å². The first-order valence-electron chi connectivity index (χ1n) is 6.43. The number of methoxy groups -OCH3 is 1. The van der Waals surface area contributed by atoms with Crippen molar-refractivity contribution in [2.45, 2.75) is 39.3 Å². The minimum atomic E-state index is -4.73. The van der Waals surface area contributed by atoms with Crippen LogP contribution in [0.4, 0.5) is 13.2 Å². The lowest BCUT2D eigenvalue weighted by Gasteiger charge is -2.36. The molecule has 0 aliphatic heterocycles. The number of halogens is 3. The van der Waals surface area contributed by atoms with Crippen LogP contribution in [-0.2, 0) is 4.74 Å². The highest BCUT2D eigenvalue weighted by Gasteiger charge is 2.34. The maximum Gasteiger partial charge on any atom is 0.573 e. The average molecular weight is 306 g/mol. The molecular weight excluding hydrogens is 285 g/mol. The third kappa shape index (κ3) is 5.18. The number of alkyl halides is 3. The Hall–Kier alpha value is -1.31. The lowest BCUT2D eigenvalue weighted by atomic mass is 9.82. The SMILES string of the molecule is COC(C(NN)c1cccc(OC(F)(F)F)c1)C(C)(C)C. The Morgan fingerprint density at radius 2 is 1.81 bits per heavy atom. The van der Waals surface area contributed by atoms with Gasteiger partial charge in [0.1, 0.15) is 5.75 Å². The molecule has 0 radical (unpaired) electrons. The Labute approximate surface area is 122 Å². The second kappa shape index (κ2) is 6.64. The number of hydrogen-bond acceptors (Lipinski definition) is 4. The van der Waals surface area contributed by atoms with Gasteiger partial charge in [0, 0.05) is 7.11 Å². The van der Waals surface area contributed by atoms with Gasteiger partial charge in [-0.2, -0.15) is 0 Å². The van der Waals surface area contributed by atoms with E-state index >= 15 is 0 Å².